The molecule has 0 aliphatic carbocycles. The maximum absolute atomic E-state index is 13.6. The number of hydrogen-bond acceptors (Lipinski definition) is 2. The summed E-state index contributed by atoms with van der Waals surface area (Å²) in [7, 11) is 0. The minimum Gasteiger partial charge on any atom is -0.371 e. The van der Waals surface area contributed by atoms with Gasteiger partial charge in [-0.3, -0.25) is 4.79 Å². The number of hydrogen-bond donors (Lipinski definition) is 1. The number of benzene rings is 1. The molecule has 6 heteroatoms. The number of rotatable bonds is 3. The molecule has 1 amide bonds. The number of amides is 1. The normalized spacial score (nSPS) is 16.9. The fourth-order valence-electron chi connectivity index (χ4n) is 2.32. The quantitative estimate of drug-likeness (QED) is 0.849. The van der Waals surface area contributed by atoms with Crippen LogP contribution in [0.4, 0.5) is 14.5 Å². The van der Waals surface area contributed by atoms with Gasteiger partial charge in [-0.1, -0.05) is 0 Å². The van der Waals surface area contributed by atoms with Gasteiger partial charge < -0.3 is 10.2 Å². The summed E-state index contributed by atoms with van der Waals surface area (Å²) in [5.74, 6) is -1.42. The Labute approximate surface area is 125 Å². The van der Waals surface area contributed by atoms with Gasteiger partial charge in [0.25, 0.3) is 0 Å². The molecule has 1 unspecified atom stereocenters. The van der Waals surface area contributed by atoms with E-state index in [9.17, 15) is 13.6 Å². The Morgan fingerprint density at radius 2 is 1.90 bits per heavy atom. The SMILES string of the molecule is CC(Nc1cc(Br)c(F)cc1F)C(=O)N1CCCCC1. The van der Waals surface area contributed by atoms with Crippen LogP contribution in [0.5, 0.6) is 0 Å². The molecule has 1 heterocycles. The zero-order valence-corrected chi connectivity index (χ0v) is 12.8. The lowest BCUT2D eigenvalue weighted by atomic mass is 10.1. The molecule has 1 aromatic rings. The molecule has 0 spiro atoms. The number of piperidine rings is 1. The number of carbonyl (C=O) groups is 1. The predicted octanol–water partition coefficient (Wildman–Crippen LogP) is 3.54. The summed E-state index contributed by atoms with van der Waals surface area (Å²) < 4.78 is 27.0. The van der Waals surface area contributed by atoms with Crippen LogP contribution in [0, 0.1) is 11.6 Å². The maximum Gasteiger partial charge on any atom is 0.244 e. The van der Waals surface area contributed by atoms with E-state index in [4.69, 9.17) is 0 Å². The Bertz CT molecular complexity index is 504. The van der Waals surface area contributed by atoms with Gasteiger partial charge >= 0.3 is 0 Å². The van der Waals surface area contributed by atoms with Gasteiger partial charge in [-0.2, -0.15) is 0 Å². The lowest BCUT2D eigenvalue weighted by molar-refractivity contribution is -0.132. The second kappa shape index (κ2) is 6.52. The third-order valence-electron chi connectivity index (χ3n) is 3.42. The summed E-state index contributed by atoms with van der Waals surface area (Å²) in [5, 5.41) is 2.81. The topological polar surface area (TPSA) is 32.3 Å². The van der Waals surface area contributed by atoms with E-state index in [2.05, 4.69) is 21.2 Å². The molecule has 1 aromatic carbocycles. The number of nitrogens with zero attached hydrogens (tertiary/aromatic N) is 1. The van der Waals surface area contributed by atoms with Gasteiger partial charge in [0.2, 0.25) is 5.91 Å². The molecule has 1 aliphatic heterocycles. The molecule has 0 radical (unpaired) electrons. The first-order valence-corrected chi connectivity index (χ1v) is 7.48. The van der Waals surface area contributed by atoms with Crippen molar-refractivity contribution in [1.82, 2.24) is 4.90 Å². The zero-order chi connectivity index (χ0) is 14.7. The largest absolute Gasteiger partial charge is 0.371 e. The Morgan fingerprint density at radius 3 is 2.55 bits per heavy atom. The van der Waals surface area contributed by atoms with Crippen LogP contribution in [0.1, 0.15) is 26.2 Å². The minimum absolute atomic E-state index is 0.0513. The van der Waals surface area contributed by atoms with Crippen LogP contribution in [0.15, 0.2) is 16.6 Å². The molecule has 0 bridgehead atoms. The van der Waals surface area contributed by atoms with E-state index in [1.54, 1.807) is 11.8 Å². The molecule has 1 aliphatic rings. The van der Waals surface area contributed by atoms with E-state index in [1.165, 1.54) is 6.07 Å². The molecule has 110 valence electrons. The standard InChI is InChI=1S/C14H17BrF2N2O/c1-9(14(20)19-5-3-2-4-6-19)18-13-7-10(15)11(16)8-12(13)17/h7-9,18H,2-6H2,1H3. The molecule has 3 nitrogen and oxygen atoms in total. The molecular formula is C14H17BrF2N2O. The number of likely N-dealkylation sites (tertiary alicyclic amines) is 1. The van der Waals surface area contributed by atoms with E-state index in [0.29, 0.717) is 0 Å². The first-order chi connectivity index (χ1) is 9.49. The highest BCUT2D eigenvalue weighted by atomic mass is 79.9. The Kier molecular flexibility index (Phi) is 4.96. The molecule has 1 fully saturated rings. The van der Waals surface area contributed by atoms with Crippen LogP contribution < -0.4 is 5.32 Å². The van der Waals surface area contributed by atoms with Crippen LogP contribution in [0.3, 0.4) is 0 Å². The van der Waals surface area contributed by atoms with Crippen molar-refractivity contribution in [1.29, 1.82) is 0 Å². The van der Waals surface area contributed by atoms with E-state index in [1.807, 2.05) is 0 Å². The van der Waals surface area contributed by atoms with Gasteiger partial charge in [-0.25, -0.2) is 8.78 Å². The van der Waals surface area contributed by atoms with Gasteiger partial charge in [0.15, 0.2) is 0 Å². The summed E-state index contributed by atoms with van der Waals surface area (Å²) in [6.07, 6.45) is 3.16. The molecule has 1 saturated heterocycles. The molecular weight excluding hydrogens is 330 g/mol. The summed E-state index contributed by atoms with van der Waals surface area (Å²) in [6.45, 7) is 3.19. The van der Waals surface area contributed by atoms with Crippen molar-refractivity contribution in [3.63, 3.8) is 0 Å². The predicted molar refractivity (Wildman–Crippen MR) is 77.6 cm³/mol. The Balaban J connectivity index is 2.05. The first-order valence-electron chi connectivity index (χ1n) is 6.69. The van der Waals surface area contributed by atoms with E-state index < -0.39 is 17.7 Å². The average Bonchev–Trinajstić information content (AvgIpc) is 2.44. The number of halogens is 3. The van der Waals surface area contributed by atoms with Gasteiger partial charge in [-0.05, 0) is 48.2 Å². The number of nitrogens with one attached hydrogen (secondary N) is 1. The van der Waals surface area contributed by atoms with Crippen LogP contribution in [-0.2, 0) is 4.79 Å². The fourth-order valence-corrected chi connectivity index (χ4v) is 2.66. The van der Waals surface area contributed by atoms with Crippen molar-refractivity contribution in [3.05, 3.63) is 28.2 Å². The molecule has 0 saturated carbocycles. The van der Waals surface area contributed by atoms with E-state index in [0.717, 1.165) is 38.4 Å². The van der Waals surface area contributed by atoms with Gasteiger partial charge in [0.05, 0.1) is 10.2 Å². The Hall–Kier alpha value is -1.17. The number of carbonyl (C=O) groups excluding carboxylic acids is 1. The average molecular weight is 347 g/mol. The molecule has 0 aromatic heterocycles. The lowest BCUT2D eigenvalue weighted by Crippen LogP contribution is -2.44. The highest BCUT2D eigenvalue weighted by Gasteiger charge is 2.23. The second-order valence-electron chi connectivity index (χ2n) is 5.00. The zero-order valence-electron chi connectivity index (χ0n) is 11.3. The van der Waals surface area contributed by atoms with E-state index in [-0.39, 0.29) is 16.1 Å². The highest BCUT2D eigenvalue weighted by molar-refractivity contribution is 9.10. The van der Waals surface area contributed by atoms with Gasteiger partial charge in [0, 0.05) is 19.2 Å². The smallest absolute Gasteiger partial charge is 0.244 e. The summed E-state index contributed by atoms with van der Waals surface area (Å²) in [6, 6.07) is 1.56. The third kappa shape index (κ3) is 3.48. The fraction of sp³-hybridized carbons (Fsp3) is 0.500. The monoisotopic (exact) mass is 346 g/mol. The van der Waals surface area contributed by atoms with Crippen molar-refractivity contribution in [2.75, 3.05) is 18.4 Å². The van der Waals surface area contributed by atoms with Crippen LogP contribution >= 0.6 is 15.9 Å². The van der Waals surface area contributed by atoms with Crippen molar-refractivity contribution in [2.24, 2.45) is 0 Å². The molecule has 1 atom stereocenters. The lowest BCUT2D eigenvalue weighted by Gasteiger charge is -2.29. The third-order valence-corrected chi connectivity index (χ3v) is 4.03. The van der Waals surface area contributed by atoms with Crippen LogP contribution in [-0.4, -0.2) is 29.9 Å². The van der Waals surface area contributed by atoms with E-state index >= 15 is 0 Å². The van der Waals surface area contributed by atoms with Crippen molar-refractivity contribution in [2.45, 2.75) is 32.2 Å². The second-order valence-corrected chi connectivity index (χ2v) is 5.85. The summed E-state index contributed by atoms with van der Waals surface area (Å²) >= 11 is 3.01. The van der Waals surface area contributed by atoms with Crippen molar-refractivity contribution in [3.8, 4) is 0 Å². The van der Waals surface area contributed by atoms with Crippen molar-refractivity contribution >= 4 is 27.5 Å². The first kappa shape index (κ1) is 15.2. The molecule has 1 N–H and O–H groups in total. The highest BCUT2D eigenvalue weighted by Crippen LogP contribution is 2.24. The maximum atomic E-state index is 13.6. The van der Waals surface area contributed by atoms with Gasteiger partial charge in [-0.15, -0.1) is 0 Å². The van der Waals surface area contributed by atoms with Crippen LogP contribution in [0.2, 0.25) is 0 Å². The van der Waals surface area contributed by atoms with Gasteiger partial charge in [0.1, 0.15) is 17.7 Å². The Morgan fingerprint density at radius 1 is 1.25 bits per heavy atom. The summed E-state index contributed by atoms with van der Waals surface area (Å²) in [4.78, 5) is 14.0. The summed E-state index contributed by atoms with van der Waals surface area (Å²) in [5.41, 5.74) is 0.121. The minimum atomic E-state index is -0.705. The molecule has 20 heavy (non-hydrogen) atoms. The molecule has 2 rings (SSSR count). The number of anilines is 1. The van der Waals surface area contributed by atoms with Crippen molar-refractivity contribution < 1.29 is 13.6 Å². The van der Waals surface area contributed by atoms with Crippen LogP contribution in [0.25, 0.3) is 0 Å².